The van der Waals surface area contributed by atoms with E-state index in [2.05, 4.69) is 41.4 Å². The van der Waals surface area contributed by atoms with Gasteiger partial charge < -0.3 is 15.1 Å². The van der Waals surface area contributed by atoms with Crippen molar-refractivity contribution < 1.29 is 4.79 Å². The molecule has 1 fully saturated rings. The number of carbonyl (C=O) groups excluding carboxylic acids is 1. The van der Waals surface area contributed by atoms with Crippen molar-refractivity contribution in [2.75, 3.05) is 36.4 Å². The van der Waals surface area contributed by atoms with E-state index >= 15 is 0 Å². The number of aryl methyl sites for hydroxylation is 2. The molecule has 0 saturated carbocycles. The topological polar surface area (TPSA) is 35.6 Å². The number of benzene rings is 2. The quantitative estimate of drug-likeness (QED) is 0.919. The maximum absolute atomic E-state index is 12.3. The summed E-state index contributed by atoms with van der Waals surface area (Å²) in [6, 6.07) is 16.4. The summed E-state index contributed by atoms with van der Waals surface area (Å²) in [4.78, 5) is 16.6. The van der Waals surface area contributed by atoms with Crippen LogP contribution in [0.15, 0.2) is 48.5 Å². The van der Waals surface area contributed by atoms with Crippen LogP contribution < -0.4 is 10.2 Å². The summed E-state index contributed by atoms with van der Waals surface area (Å²) < 4.78 is 0. The molecule has 4 heteroatoms. The van der Waals surface area contributed by atoms with Gasteiger partial charge in [0.2, 0.25) is 0 Å². The maximum Gasteiger partial charge on any atom is 0.321 e. The zero-order valence-corrected chi connectivity index (χ0v) is 13.7. The standard InChI is InChI=1S/C19H23N3O/c1-15-6-8-17(9-7-15)20-19(23)22-12-10-21(11-13-22)18-5-3-4-16(2)14-18/h3-9,14H,10-13H2,1-2H3,(H,20,23). The van der Waals surface area contributed by atoms with Gasteiger partial charge in [-0.2, -0.15) is 0 Å². The molecule has 3 rings (SSSR count). The Morgan fingerprint density at radius 3 is 2.26 bits per heavy atom. The van der Waals surface area contributed by atoms with Gasteiger partial charge in [-0.05, 0) is 43.7 Å². The first-order chi connectivity index (χ1) is 11.1. The number of anilines is 2. The molecule has 1 N–H and O–H groups in total. The average molecular weight is 309 g/mol. The summed E-state index contributed by atoms with van der Waals surface area (Å²) >= 11 is 0. The number of amides is 2. The van der Waals surface area contributed by atoms with Crippen LogP contribution in [0, 0.1) is 13.8 Å². The molecule has 0 spiro atoms. The number of nitrogens with zero attached hydrogens (tertiary/aromatic N) is 2. The Morgan fingerprint density at radius 2 is 1.61 bits per heavy atom. The van der Waals surface area contributed by atoms with Crippen LogP contribution in [-0.2, 0) is 0 Å². The maximum atomic E-state index is 12.3. The molecule has 23 heavy (non-hydrogen) atoms. The molecule has 1 aliphatic rings. The lowest BCUT2D eigenvalue weighted by Crippen LogP contribution is -2.50. The highest BCUT2D eigenvalue weighted by atomic mass is 16.2. The molecule has 120 valence electrons. The Labute approximate surface area is 137 Å². The van der Waals surface area contributed by atoms with Gasteiger partial charge in [0.15, 0.2) is 0 Å². The average Bonchev–Trinajstić information content (AvgIpc) is 2.57. The third-order valence-corrected chi connectivity index (χ3v) is 4.24. The third-order valence-electron chi connectivity index (χ3n) is 4.24. The largest absolute Gasteiger partial charge is 0.368 e. The van der Waals surface area contributed by atoms with E-state index in [1.54, 1.807) is 0 Å². The number of rotatable bonds is 2. The number of urea groups is 1. The molecule has 0 aliphatic carbocycles. The summed E-state index contributed by atoms with van der Waals surface area (Å²) in [6.45, 7) is 7.36. The second-order valence-corrected chi connectivity index (χ2v) is 6.11. The second-order valence-electron chi connectivity index (χ2n) is 6.11. The first-order valence-electron chi connectivity index (χ1n) is 8.06. The van der Waals surface area contributed by atoms with Gasteiger partial charge in [-0.3, -0.25) is 0 Å². The molecular weight excluding hydrogens is 286 g/mol. The molecular formula is C19H23N3O. The predicted molar refractivity (Wildman–Crippen MR) is 95.2 cm³/mol. The van der Waals surface area contributed by atoms with Crippen LogP contribution in [0.2, 0.25) is 0 Å². The van der Waals surface area contributed by atoms with Crippen molar-refractivity contribution in [1.82, 2.24) is 4.90 Å². The van der Waals surface area contributed by atoms with E-state index in [1.807, 2.05) is 36.1 Å². The molecule has 2 aromatic carbocycles. The van der Waals surface area contributed by atoms with Crippen molar-refractivity contribution in [2.24, 2.45) is 0 Å². The van der Waals surface area contributed by atoms with Crippen LogP contribution in [-0.4, -0.2) is 37.1 Å². The Kier molecular flexibility index (Phi) is 4.51. The molecule has 0 aromatic heterocycles. The Hall–Kier alpha value is -2.49. The van der Waals surface area contributed by atoms with Crippen LogP contribution in [0.3, 0.4) is 0 Å². The van der Waals surface area contributed by atoms with Gasteiger partial charge in [-0.15, -0.1) is 0 Å². The Morgan fingerprint density at radius 1 is 0.913 bits per heavy atom. The minimum absolute atomic E-state index is 0.0160. The van der Waals surface area contributed by atoms with E-state index in [9.17, 15) is 4.79 Å². The lowest BCUT2D eigenvalue weighted by atomic mass is 10.2. The van der Waals surface area contributed by atoms with Crippen LogP contribution in [0.25, 0.3) is 0 Å². The fourth-order valence-electron chi connectivity index (χ4n) is 2.83. The smallest absolute Gasteiger partial charge is 0.321 e. The molecule has 1 aliphatic heterocycles. The van der Waals surface area contributed by atoms with Crippen LogP contribution in [0.5, 0.6) is 0 Å². The third kappa shape index (κ3) is 3.83. The molecule has 0 bridgehead atoms. The summed E-state index contributed by atoms with van der Waals surface area (Å²) in [6.07, 6.45) is 0. The highest BCUT2D eigenvalue weighted by molar-refractivity contribution is 5.89. The first-order valence-corrected chi connectivity index (χ1v) is 8.06. The lowest BCUT2D eigenvalue weighted by molar-refractivity contribution is 0.208. The van der Waals surface area contributed by atoms with Crippen molar-refractivity contribution in [3.8, 4) is 0 Å². The van der Waals surface area contributed by atoms with E-state index in [4.69, 9.17) is 0 Å². The van der Waals surface area contributed by atoms with Crippen LogP contribution >= 0.6 is 0 Å². The summed E-state index contributed by atoms with van der Waals surface area (Å²) in [7, 11) is 0. The van der Waals surface area contributed by atoms with Crippen molar-refractivity contribution in [3.63, 3.8) is 0 Å². The van der Waals surface area contributed by atoms with Gasteiger partial charge in [0, 0.05) is 37.6 Å². The first kappa shape index (κ1) is 15.4. The fraction of sp³-hybridized carbons (Fsp3) is 0.316. The normalized spacial score (nSPS) is 14.7. The van der Waals surface area contributed by atoms with Gasteiger partial charge >= 0.3 is 6.03 Å². The number of hydrogen-bond donors (Lipinski definition) is 1. The zero-order chi connectivity index (χ0) is 16.2. The minimum atomic E-state index is -0.0160. The number of piperazine rings is 1. The van der Waals surface area contributed by atoms with Crippen LogP contribution in [0.1, 0.15) is 11.1 Å². The van der Waals surface area contributed by atoms with E-state index in [1.165, 1.54) is 16.8 Å². The number of nitrogens with one attached hydrogen (secondary N) is 1. The van der Waals surface area contributed by atoms with Gasteiger partial charge in [-0.25, -0.2) is 4.79 Å². The molecule has 2 amide bonds. The highest BCUT2D eigenvalue weighted by Gasteiger charge is 2.21. The van der Waals surface area contributed by atoms with Gasteiger partial charge in [0.25, 0.3) is 0 Å². The predicted octanol–water partition coefficient (Wildman–Crippen LogP) is 3.66. The second kappa shape index (κ2) is 6.73. The van der Waals surface area contributed by atoms with Gasteiger partial charge in [0.1, 0.15) is 0 Å². The minimum Gasteiger partial charge on any atom is -0.368 e. The summed E-state index contributed by atoms with van der Waals surface area (Å²) in [5.41, 5.74) is 4.54. The van der Waals surface area contributed by atoms with Crippen molar-refractivity contribution in [3.05, 3.63) is 59.7 Å². The van der Waals surface area contributed by atoms with E-state index in [0.717, 1.165) is 31.9 Å². The van der Waals surface area contributed by atoms with Gasteiger partial charge in [0.05, 0.1) is 0 Å². The lowest BCUT2D eigenvalue weighted by Gasteiger charge is -2.36. The van der Waals surface area contributed by atoms with Gasteiger partial charge in [-0.1, -0.05) is 29.8 Å². The zero-order valence-electron chi connectivity index (χ0n) is 13.7. The van der Waals surface area contributed by atoms with E-state index < -0.39 is 0 Å². The summed E-state index contributed by atoms with van der Waals surface area (Å²) in [5, 5.41) is 2.97. The summed E-state index contributed by atoms with van der Waals surface area (Å²) in [5.74, 6) is 0. The van der Waals surface area contributed by atoms with Crippen LogP contribution in [0.4, 0.5) is 16.2 Å². The SMILES string of the molecule is Cc1ccc(NC(=O)N2CCN(c3cccc(C)c3)CC2)cc1. The highest BCUT2D eigenvalue weighted by Crippen LogP contribution is 2.18. The Balaban J connectivity index is 1.56. The molecule has 0 unspecified atom stereocenters. The van der Waals surface area contributed by atoms with Crippen molar-refractivity contribution >= 4 is 17.4 Å². The molecule has 4 nitrogen and oxygen atoms in total. The van der Waals surface area contributed by atoms with E-state index in [0.29, 0.717) is 0 Å². The fourth-order valence-corrected chi connectivity index (χ4v) is 2.83. The number of carbonyl (C=O) groups is 1. The monoisotopic (exact) mass is 309 g/mol. The molecule has 1 saturated heterocycles. The molecule has 1 heterocycles. The molecule has 0 radical (unpaired) electrons. The number of hydrogen-bond acceptors (Lipinski definition) is 2. The Bertz CT molecular complexity index is 673. The van der Waals surface area contributed by atoms with Crippen molar-refractivity contribution in [1.29, 1.82) is 0 Å². The van der Waals surface area contributed by atoms with E-state index in [-0.39, 0.29) is 6.03 Å². The van der Waals surface area contributed by atoms with Crippen molar-refractivity contribution in [2.45, 2.75) is 13.8 Å². The molecule has 0 atom stereocenters. The molecule has 2 aromatic rings.